The van der Waals surface area contributed by atoms with Crippen molar-refractivity contribution in [2.75, 3.05) is 7.11 Å². The number of carbonyl (C=O) groups excluding carboxylic acids is 2. The number of esters is 2. The van der Waals surface area contributed by atoms with E-state index in [2.05, 4.69) is 0 Å². The maximum Gasteiger partial charge on any atom is 0.373 e. The Morgan fingerprint density at radius 3 is 2.15 bits per heavy atom. The lowest BCUT2D eigenvalue weighted by atomic mass is 9.88. The fourth-order valence-corrected chi connectivity index (χ4v) is 3.66. The van der Waals surface area contributed by atoms with Gasteiger partial charge in [0.15, 0.2) is 6.10 Å². The van der Waals surface area contributed by atoms with Crippen molar-refractivity contribution < 1.29 is 33.3 Å². The van der Waals surface area contributed by atoms with E-state index in [1.807, 2.05) is 52.8 Å². The quantitative estimate of drug-likeness (QED) is 0.522. The van der Waals surface area contributed by atoms with Gasteiger partial charge in [0.2, 0.25) is 11.5 Å². The largest absolute Gasteiger partial charge is 0.463 e. The zero-order valence-corrected chi connectivity index (χ0v) is 21.3. The summed E-state index contributed by atoms with van der Waals surface area (Å²) in [4.78, 5) is 25.7. The Hall–Kier alpha value is -2.38. The van der Waals surface area contributed by atoms with Gasteiger partial charge in [0, 0.05) is 6.42 Å². The molecule has 7 heteroatoms. The second-order valence-corrected chi connectivity index (χ2v) is 10.2. The van der Waals surface area contributed by atoms with Gasteiger partial charge >= 0.3 is 11.9 Å². The number of rotatable bonds is 7. The molecule has 0 unspecified atom stereocenters. The number of hydrogen-bond donors (Lipinski definition) is 0. The third-order valence-corrected chi connectivity index (χ3v) is 5.19. The van der Waals surface area contributed by atoms with Crippen LogP contribution in [0.15, 0.2) is 42.2 Å². The van der Waals surface area contributed by atoms with Crippen molar-refractivity contribution in [3.05, 3.63) is 47.7 Å². The monoisotopic (exact) mass is 462 g/mol. The van der Waals surface area contributed by atoms with E-state index in [0.29, 0.717) is 12.0 Å². The molecule has 1 aliphatic heterocycles. The zero-order valence-electron chi connectivity index (χ0n) is 21.3. The van der Waals surface area contributed by atoms with Crippen LogP contribution >= 0.6 is 0 Å². The summed E-state index contributed by atoms with van der Waals surface area (Å²) >= 11 is 0. The normalized spacial score (nSPS) is 24.3. The van der Waals surface area contributed by atoms with Crippen LogP contribution in [-0.2, 0) is 33.3 Å². The first-order chi connectivity index (χ1) is 15.2. The number of methoxy groups -OCH3 is 1. The molecule has 7 nitrogen and oxygen atoms in total. The van der Waals surface area contributed by atoms with Crippen LogP contribution in [0, 0.1) is 5.92 Å². The standard InChI is InChI=1S/C26H38O7/c1-10-26(17(2)19(30-24(3,4)5)16-20(31-26)22(27)29-9)32-21(18-14-12-11-13-15-18)23(28)33-25(6,7)8/h11-17,19,21H,10H2,1-9H3/t17-,19-,21-,26-/m1/s1. The average Bonchev–Trinajstić information content (AvgIpc) is 2.72. The highest BCUT2D eigenvalue weighted by molar-refractivity contribution is 5.86. The third-order valence-electron chi connectivity index (χ3n) is 5.19. The van der Waals surface area contributed by atoms with Crippen LogP contribution in [-0.4, -0.2) is 42.1 Å². The molecule has 1 heterocycles. The fraction of sp³-hybridized carbons (Fsp3) is 0.615. The van der Waals surface area contributed by atoms with Crippen molar-refractivity contribution in [2.24, 2.45) is 5.92 Å². The van der Waals surface area contributed by atoms with Crippen molar-refractivity contribution >= 4 is 11.9 Å². The number of ether oxygens (including phenoxy) is 5. The summed E-state index contributed by atoms with van der Waals surface area (Å²) in [6.45, 7) is 15.0. The van der Waals surface area contributed by atoms with Crippen molar-refractivity contribution in [1.82, 2.24) is 0 Å². The second-order valence-electron chi connectivity index (χ2n) is 10.2. The first kappa shape index (κ1) is 26.9. The maximum absolute atomic E-state index is 13.2. The SMILES string of the molecule is CC[C@]1(O[C@@H](C(=O)OC(C)(C)C)c2ccccc2)OC(C(=O)OC)=C[C@@H](OC(C)(C)C)[C@H]1C. The minimum absolute atomic E-state index is 0.0114. The molecule has 4 atom stereocenters. The minimum Gasteiger partial charge on any atom is -0.463 e. The summed E-state index contributed by atoms with van der Waals surface area (Å²) in [6, 6.07) is 9.10. The van der Waals surface area contributed by atoms with Crippen molar-refractivity contribution in [3.63, 3.8) is 0 Å². The van der Waals surface area contributed by atoms with Crippen molar-refractivity contribution in [3.8, 4) is 0 Å². The molecule has 0 spiro atoms. The Bertz CT molecular complexity index is 848. The number of carbonyl (C=O) groups is 2. The van der Waals surface area contributed by atoms with Gasteiger partial charge in [-0.15, -0.1) is 0 Å². The Morgan fingerprint density at radius 1 is 1.06 bits per heavy atom. The van der Waals surface area contributed by atoms with Gasteiger partial charge in [-0.1, -0.05) is 44.2 Å². The van der Waals surface area contributed by atoms with E-state index in [0.717, 1.165) is 0 Å². The molecule has 0 saturated heterocycles. The molecule has 33 heavy (non-hydrogen) atoms. The van der Waals surface area contributed by atoms with E-state index < -0.39 is 41.1 Å². The zero-order chi connectivity index (χ0) is 25.0. The molecule has 1 aromatic carbocycles. The van der Waals surface area contributed by atoms with Crippen LogP contribution < -0.4 is 0 Å². The highest BCUT2D eigenvalue weighted by Gasteiger charge is 2.51. The lowest BCUT2D eigenvalue weighted by Gasteiger charge is -2.46. The van der Waals surface area contributed by atoms with E-state index >= 15 is 0 Å². The Balaban J connectivity index is 2.53. The lowest BCUT2D eigenvalue weighted by molar-refractivity contribution is -0.296. The molecule has 0 aliphatic carbocycles. The fourth-order valence-electron chi connectivity index (χ4n) is 3.66. The predicted octanol–water partition coefficient (Wildman–Crippen LogP) is 5.10. The van der Waals surface area contributed by atoms with Gasteiger partial charge in [-0.2, -0.15) is 0 Å². The predicted molar refractivity (Wildman–Crippen MR) is 124 cm³/mol. The molecule has 0 fully saturated rings. The average molecular weight is 463 g/mol. The summed E-state index contributed by atoms with van der Waals surface area (Å²) in [5.74, 6) is -2.89. The van der Waals surface area contributed by atoms with Crippen molar-refractivity contribution in [1.29, 1.82) is 0 Å². The third kappa shape index (κ3) is 7.05. The molecule has 0 N–H and O–H groups in total. The van der Waals surface area contributed by atoms with E-state index in [4.69, 9.17) is 23.7 Å². The highest BCUT2D eigenvalue weighted by Crippen LogP contribution is 2.43. The Morgan fingerprint density at radius 2 is 1.67 bits per heavy atom. The van der Waals surface area contributed by atoms with Gasteiger partial charge in [0.05, 0.1) is 24.7 Å². The van der Waals surface area contributed by atoms with Crippen LogP contribution in [0.5, 0.6) is 0 Å². The topological polar surface area (TPSA) is 80.3 Å². The summed E-state index contributed by atoms with van der Waals surface area (Å²) < 4.78 is 29.4. The molecule has 0 amide bonds. The first-order valence-corrected chi connectivity index (χ1v) is 11.3. The van der Waals surface area contributed by atoms with E-state index in [-0.39, 0.29) is 11.7 Å². The molecule has 0 saturated carbocycles. The summed E-state index contributed by atoms with van der Waals surface area (Å²) in [5.41, 5.74) is -0.573. The first-order valence-electron chi connectivity index (χ1n) is 11.3. The smallest absolute Gasteiger partial charge is 0.373 e. The van der Waals surface area contributed by atoms with E-state index in [1.54, 1.807) is 39.0 Å². The van der Waals surface area contributed by atoms with Crippen LogP contribution in [0.1, 0.15) is 73.5 Å². The van der Waals surface area contributed by atoms with Crippen LogP contribution in [0.25, 0.3) is 0 Å². The van der Waals surface area contributed by atoms with Crippen LogP contribution in [0.4, 0.5) is 0 Å². The van der Waals surface area contributed by atoms with Crippen molar-refractivity contribution in [2.45, 2.75) is 91.0 Å². The van der Waals surface area contributed by atoms with Gasteiger partial charge in [-0.25, -0.2) is 9.59 Å². The molecule has 0 aromatic heterocycles. The summed E-state index contributed by atoms with van der Waals surface area (Å²) in [6.07, 6.45) is 0.380. The maximum atomic E-state index is 13.2. The van der Waals surface area contributed by atoms with Crippen LogP contribution in [0.2, 0.25) is 0 Å². The van der Waals surface area contributed by atoms with Gasteiger partial charge in [-0.05, 0) is 53.2 Å². The molecular weight excluding hydrogens is 424 g/mol. The highest BCUT2D eigenvalue weighted by atomic mass is 16.7. The van der Waals surface area contributed by atoms with Gasteiger partial charge < -0.3 is 23.7 Å². The molecule has 1 aliphatic rings. The lowest BCUT2D eigenvalue weighted by Crippen LogP contribution is -2.53. The summed E-state index contributed by atoms with van der Waals surface area (Å²) in [7, 11) is 1.28. The van der Waals surface area contributed by atoms with Crippen LogP contribution in [0.3, 0.4) is 0 Å². The second kappa shape index (κ2) is 10.3. The molecular formula is C26H38O7. The van der Waals surface area contributed by atoms with Gasteiger partial charge in [-0.3, -0.25) is 0 Å². The summed E-state index contributed by atoms with van der Waals surface area (Å²) in [5, 5.41) is 0. The molecule has 2 rings (SSSR count). The Labute approximate surface area is 197 Å². The van der Waals surface area contributed by atoms with E-state index in [1.165, 1.54) is 7.11 Å². The molecule has 0 bridgehead atoms. The minimum atomic E-state index is -1.34. The number of hydrogen-bond acceptors (Lipinski definition) is 7. The molecule has 1 aromatic rings. The number of benzene rings is 1. The van der Waals surface area contributed by atoms with E-state index in [9.17, 15) is 9.59 Å². The molecule has 0 radical (unpaired) electrons. The van der Waals surface area contributed by atoms with Gasteiger partial charge in [0.25, 0.3) is 0 Å². The molecule has 184 valence electrons. The Kier molecular flexibility index (Phi) is 8.36. The van der Waals surface area contributed by atoms with Gasteiger partial charge in [0.1, 0.15) is 5.60 Å².